The molecule has 4 nitrogen and oxygen atoms in total. The van der Waals surface area contributed by atoms with Crippen LogP contribution in [0.1, 0.15) is 30.4 Å². The molecule has 0 saturated carbocycles. The van der Waals surface area contributed by atoms with Gasteiger partial charge < -0.3 is 14.6 Å². The third-order valence-corrected chi connectivity index (χ3v) is 2.69. The second-order valence-electron chi connectivity index (χ2n) is 3.59. The Labute approximate surface area is 81.2 Å². The lowest BCUT2D eigenvalue weighted by molar-refractivity contribution is -0.161. The molecule has 14 heavy (non-hydrogen) atoms. The van der Waals surface area contributed by atoms with E-state index in [1.165, 1.54) is 0 Å². The topological polar surface area (TPSA) is 70.7 Å². The van der Waals surface area contributed by atoms with Gasteiger partial charge in [-0.15, -0.1) is 0 Å². The van der Waals surface area contributed by atoms with Crippen molar-refractivity contribution in [2.24, 2.45) is 0 Å². The summed E-state index contributed by atoms with van der Waals surface area (Å²) in [4.78, 5) is 10.9. The van der Waals surface area contributed by atoms with E-state index in [0.29, 0.717) is 12.8 Å². The molecule has 0 aromatic carbocycles. The molecule has 2 rings (SSSR count). The van der Waals surface area contributed by atoms with Gasteiger partial charge in [0, 0.05) is 6.42 Å². The molecule has 1 aromatic heterocycles. The lowest BCUT2D eigenvalue weighted by Gasteiger charge is -2.15. The minimum Gasteiger partial charge on any atom is -0.479 e. The number of carbonyl (C=O) groups is 1. The molecule has 0 amide bonds. The highest BCUT2D eigenvalue weighted by atomic mass is 16.4. The largest absolute Gasteiger partial charge is 0.479 e. The molecule has 0 radical (unpaired) electrons. The Hall–Kier alpha value is -1.29. The van der Waals surface area contributed by atoms with Gasteiger partial charge in [0.05, 0.1) is 0 Å². The number of hydrogen-bond acceptors (Lipinski definition) is 3. The van der Waals surface area contributed by atoms with Crippen molar-refractivity contribution in [3.63, 3.8) is 0 Å². The summed E-state index contributed by atoms with van der Waals surface area (Å²) < 4.78 is 5.32. The third-order valence-electron chi connectivity index (χ3n) is 2.69. The van der Waals surface area contributed by atoms with Crippen LogP contribution in [0.15, 0.2) is 10.5 Å². The van der Waals surface area contributed by atoms with Crippen molar-refractivity contribution in [1.82, 2.24) is 0 Å². The number of aliphatic carboxylic acids is 1. The van der Waals surface area contributed by atoms with Gasteiger partial charge in [0.1, 0.15) is 5.76 Å². The van der Waals surface area contributed by atoms with E-state index in [1.54, 1.807) is 0 Å². The van der Waals surface area contributed by atoms with Crippen LogP contribution in [0.5, 0.6) is 0 Å². The van der Waals surface area contributed by atoms with E-state index in [-0.39, 0.29) is 12.2 Å². The van der Waals surface area contributed by atoms with Gasteiger partial charge >= 0.3 is 5.97 Å². The predicted molar refractivity (Wildman–Crippen MR) is 47.9 cm³/mol. The lowest BCUT2D eigenvalue weighted by atomic mass is 10.0. The van der Waals surface area contributed by atoms with E-state index in [0.717, 1.165) is 11.3 Å². The Bertz CT molecular complexity index is 379. The van der Waals surface area contributed by atoms with Crippen molar-refractivity contribution in [3.8, 4) is 0 Å². The standard InChI is InChI=1S/C10H12O4/c1-2-7-5-6-3-4-10(13,9(11)12)8(6)14-7/h5,13H,2-4H2,1H3,(H,11,12). The van der Waals surface area contributed by atoms with Gasteiger partial charge in [-0.05, 0) is 24.5 Å². The number of rotatable bonds is 2. The van der Waals surface area contributed by atoms with E-state index < -0.39 is 11.6 Å². The van der Waals surface area contributed by atoms with Crippen molar-refractivity contribution in [3.05, 3.63) is 23.2 Å². The fourth-order valence-corrected chi connectivity index (χ4v) is 1.83. The van der Waals surface area contributed by atoms with E-state index in [1.807, 2.05) is 13.0 Å². The highest BCUT2D eigenvalue weighted by Gasteiger charge is 2.47. The van der Waals surface area contributed by atoms with Crippen molar-refractivity contribution in [1.29, 1.82) is 0 Å². The first-order chi connectivity index (χ1) is 6.58. The first-order valence-corrected chi connectivity index (χ1v) is 4.65. The quantitative estimate of drug-likeness (QED) is 0.742. The molecule has 1 heterocycles. The molecule has 0 fully saturated rings. The van der Waals surface area contributed by atoms with Crippen LogP contribution in [0, 0.1) is 0 Å². The molecule has 1 aromatic rings. The maximum Gasteiger partial charge on any atom is 0.343 e. The zero-order chi connectivity index (χ0) is 10.3. The molecule has 1 aliphatic carbocycles. The minimum absolute atomic E-state index is 0.209. The normalized spacial score (nSPS) is 25.0. The van der Waals surface area contributed by atoms with Crippen LogP contribution in [0.2, 0.25) is 0 Å². The Balaban J connectivity index is 2.47. The van der Waals surface area contributed by atoms with Crippen LogP contribution < -0.4 is 0 Å². The number of furan rings is 1. The van der Waals surface area contributed by atoms with Gasteiger partial charge in [-0.1, -0.05) is 6.92 Å². The first-order valence-electron chi connectivity index (χ1n) is 4.65. The summed E-state index contributed by atoms with van der Waals surface area (Å²) >= 11 is 0. The summed E-state index contributed by atoms with van der Waals surface area (Å²) in [5.41, 5.74) is -0.977. The monoisotopic (exact) mass is 196 g/mol. The summed E-state index contributed by atoms with van der Waals surface area (Å²) in [5.74, 6) is -0.274. The van der Waals surface area contributed by atoms with Crippen LogP contribution in [0.3, 0.4) is 0 Å². The van der Waals surface area contributed by atoms with Gasteiger partial charge in [0.25, 0.3) is 0 Å². The summed E-state index contributed by atoms with van der Waals surface area (Å²) in [6.07, 6.45) is 1.49. The molecule has 1 atom stereocenters. The molecule has 0 aliphatic heterocycles. The van der Waals surface area contributed by atoms with Crippen molar-refractivity contribution >= 4 is 5.97 Å². The molecule has 4 heteroatoms. The average Bonchev–Trinajstić information content (AvgIpc) is 2.67. The van der Waals surface area contributed by atoms with E-state index in [9.17, 15) is 9.90 Å². The van der Waals surface area contributed by atoms with Gasteiger partial charge in [-0.3, -0.25) is 0 Å². The smallest absolute Gasteiger partial charge is 0.343 e. The minimum atomic E-state index is -1.80. The zero-order valence-electron chi connectivity index (χ0n) is 7.91. The summed E-state index contributed by atoms with van der Waals surface area (Å²) in [6, 6.07) is 1.83. The first kappa shape index (κ1) is 9.27. The van der Waals surface area contributed by atoms with Gasteiger partial charge in [-0.25, -0.2) is 4.79 Å². The van der Waals surface area contributed by atoms with Crippen molar-refractivity contribution < 1.29 is 19.4 Å². The number of aliphatic hydroxyl groups is 1. The van der Waals surface area contributed by atoms with Crippen LogP contribution in [0.25, 0.3) is 0 Å². The highest BCUT2D eigenvalue weighted by molar-refractivity contribution is 5.79. The summed E-state index contributed by atoms with van der Waals surface area (Å²) in [6.45, 7) is 1.92. The maximum atomic E-state index is 10.9. The second-order valence-corrected chi connectivity index (χ2v) is 3.59. The second kappa shape index (κ2) is 2.85. The molecule has 0 bridgehead atoms. The van der Waals surface area contributed by atoms with Gasteiger partial charge in [0.2, 0.25) is 5.60 Å². The molecule has 76 valence electrons. The molecular weight excluding hydrogens is 184 g/mol. The Kier molecular flexibility index (Phi) is 1.89. The van der Waals surface area contributed by atoms with Gasteiger partial charge in [0.15, 0.2) is 5.76 Å². The molecule has 0 spiro atoms. The molecule has 0 saturated heterocycles. The van der Waals surface area contributed by atoms with Crippen LogP contribution in [-0.2, 0) is 23.2 Å². The van der Waals surface area contributed by atoms with Crippen molar-refractivity contribution in [2.75, 3.05) is 0 Å². The van der Waals surface area contributed by atoms with Crippen LogP contribution in [0.4, 0.5) is 0 Å². The van der Waals surface area contributed by atoms with E-state index in [2.05, 4.69) is 0 Å². The predicted octanol–water partition coefficient (Wildman–Crippen LogP) is 1.06. The lowest BCUT2D eigenvalue weighted by Crippen LogP contribution is -2.32. The van der Waals surface area contributed by atoms with Crippen molar-refractivity contribution in [2.45, 2.75) is 31.8 Å². The average molecular weight is 196 g/mol. The highest BCUT2D eigenvalue weighted by Crippen LogP contribution is 2.39. The fourth-order valence-electron chi connectivity index (χ4n) is 1.83. The SMILES string of the molecule is CCc1cc2c(o1)C(O)(C(=O)O)CC2. The molecule has 2 N–H and O–H groups in total. The summed E-state index contributed by atoms with van der Waals surface area (Å²) in [7, 11) is 0. The maximum absolute atomic E-state index is 10.9. The van der Waals surface area contributed by atoms with Gasteiger partial charge in [-0.2, -0.15) is 0 Å². The van der Waals surface area contributed by atoms with Crippen LogP contribution in [-0.4, -0.2) is 16.2 Å². The number of aryl methyl sites for hydroxylation is 2. The molecular formula is C10H12O4. The van der Waals surface area contributed by atoms with Crippen LogP contribution >= 0.6 is 0 Å². The zero-order valence-corrected chi connectivity index (χ0v) is 7.91. The number of fused-ring (bicyclic) bond motifs is 1. The van der Waals surface area contributed by atoms with E-state index in [4.69, 9.17) is 9.52 Å². The number of carboxylic acids is 1. The fraction of sp³-hybridized carbons (Fsp3) is 0.500. The molecule has 1 aliphatic rings. The Morgan fingerprint density at radius 1 is 1.71 bits per heavy atom. The third kappa shape index (κ3) is 1.07. The molecule has 1 unspecified atom stereocenters. The Morgan fingerprint density at radius 2 is 2.43 bits per heavy atom. The summed E-state index contributed by atoms with van der Waals surface area (Å²) in [5, 5.41) is 18.7. The Morgan fingerprint density at radius 3 is 3.00 bits per heavy atom. The number of hydrogen-bond donors (Lipinski definition) is 2. The number of carboxylic acid groups (broad SMARTS) is 1. The van der Waals surface area contributed by atoms with E-state index >= 15 is 0 Å².